The maximum atomic E-state index is 9.33. The van der Waals surface area contributed by atoms with Gasteiger partial charge in [0.25, 0.3) is 0 Å². The predicted octanol–water partition coefficient (Wildman–Crippen LogP) is 3.70. The lowest BCUT2D eigenvalue weighted by atomic mass is 10.1. The van der Waals surface area contributed by atoms with Crippen LogP contribution in [0.2, 0.25) is 0 Å². The topological polar surface area (TPSA) is 45.0 Å². The fourth-order valence-corrected chi connectivity index (χ4v) is 3.13. The Labute approximate surface area is 128 Å². The van der Waals surface area contributed by atoms with Crippen LogP contribution in [0, 0.1) is 11.3 Å². The summed E-state index contributed by atoms with van der Waals surface area (Å²) in [5.74, 6) is 0.975. The molecular weight excluding hydrogens is 280 g/mol. The average Bonchev–Trinajstić information content (AvgIpc) is 2.95. The Morgan fingerprint density at radius 2 is 2.14 bits per heavy atom. The zero-order valence-corrected chi connectivity index (χ0v) is 12.6. The highest BCUT2D eigenvalue weighted by Crippen LogP contribution is 2.29. The standard InChI is InChI=1S/C17H16N2OS/c1-21-17-8-4-6-15(14(17)10-18)19-11-13-9-12-5-2-3-7-16(12)20-13/h2-8,13,19H,9,11H2,1H3. The van der Waals surface area contributed by atoms with E-state index in [1.54, 1.807) is 11.8 Å². The normalized spacial score (nSPS) is 15.9. The lowest BCUT2D eigenvalue weighted by molar-refractivity contribution is 0.246. The van der Waals surface area contributed by atoms with Crippen LogP contribution in [0.15, 0.2) is 47.4 Å². The molecule has 1 N–H and O–H groups in total. The van der Waals surface area contributed by atoms with Crippen LogP contribution in [0.5, 0.6) is 5.75 Å². The summed E-state index contributed by atoms with van der Waals surface area (Å²) in [5.41, 5.74) is 2.84. The van der Waals surface area contributed by atoms with Crippen LogP contribution in [-0.4, -0.2) is 18.9 Å². The third-order valence-corrected chi connectivity index (χ3v) is 4.37. The Morgan fingerprint density at radius 1 is 1.29 bits per heavy atom. The van der Waals surface area contributed by atoms with E-state index in [1.165, 1.54) is 5.56 Å². The highest BCUT2D eigenvalue weighted by molar-refractivity contribution is 7.98. The molecule has 0 aromatic heterocycles. The Kier molecular flexibility index (Phi) is 4.03. The van der Waals surface area contributed by atoms with Crippen molar-refractivity contribution in [1.82, 2.24) is 0 Å². The molecule has 2 aromatic carbocycles. The number of anilines is 1. The van der Waals surface area contributed by atoms with Crippen molar-refractivity contribution >= 4 is 17.4 Å². The number of nitrogens with one attached hydrogen (secondary N) is 1. The van der Waals surface area contributed by atoms with E-state index < -0.39 is 0 Å². The molecule has 0 fully saturated rings. The van der Waals surface area contributed by atoms with Crippen molar-refractivity contribution in [2.24, 2.45) is 0 Å². The summed E-state index contributed by atoms with van der Waals surface area (Å²) in [6, 6.07) is 16.3. The van der Waals surface area contributed by atoms with Gasteiger partial charge in [-0.25, -0.2) is 0 Å². The first-order valence-electron chi connectivity index (χ1n) is 6.87. The Morgan fingerprint density at radius 3 is 2.90 bits per heavy atom. The van der Waals surface area contributed by atoms with E-state index >= 15 is 0 Å². The zero-order chi connectivity index (χ0) is 14.7. The minimum Gasteiger partial charge on any atom is -0.488 e. The van der Waals surface area contributed by atoms with Gasteiger partial charge in [0.05, 0.1) is 17.8 Å². The molecule has 0 amide bonds. The third kappa shape index (κ3) is 2.84. The smallest absolute Gasteiger partial charge is 0.123 e. The van der Waals surface area contributed by atoms with Crippen LogP contribution in [0.25, 0.3) is 0 Å². The van der Waals surface area contributed by atoms with Gasteiger partial charge in [0, 0.05) is 11.3 Å². The highest BCUT2D eigenvalue weighted by atomic mass is 32.2. The molecule has 0 spiro atoms. The predicted molar refractivity (Wildman–Crippen MR) is 86.0 cm³/mol. The van der Waals surface area contributed by atoms with Gasteiger partial charge >= 0.3 is 0 Å². The third-order valence-electron chi connectivity index (χ3n) is 3.59. The molecular formula is C17H16N2OS. The van der Waals surface area contributed by atoms with Gasteiger partial charge in [-0.1, -0.05) is 24.3 Å². The van der Waals surface area contributed by atoms with Crippen LogP contribution >= 0.6 is 11.8 Å². The van der Waals surface area contributed by atoms with Gasteiger partial charge in [0.15, 0.2) is 0 Å². The maximum absolute atomic E-state index is 9.33. The number of hydrogen-bond acceptors (Lipinski definition) is 4. The van der Waals surface area contributed by atoms with Crippen molar-refractivity contribution in [3.63, 3.8) is 0 Å². The number of para-hydroxylation sites is 1. The van der Waals surface area contributed by atoms with Crippen molar-refractivity contribution in [1.29, 1.82) is 5.26 Å². The SMILES string of the molecule is CSc1cccc(NCC2Cc3ccccc3O2)c1C#N. The molecule has 1 aliphatic rings. The van der Waals surface area contributed by atoms with E-state index in [2.05, 4.69) is 17.5 Å². The maximum Gasteiger partial charge on any atom is 0.123 e. The summed E-state index contributed by atoms with van der Waals surface area (Å²) in [7, 11) is 0. The first kappa shape index (κ1) is 13.8. The van der Waals surface area contributed by atoms with Crippen LogP contribution in [0.3, 0.4) is 0 Å². The molecule has 4 heteroatoms. The highest BCUT2D eigenvalue weighted by Gasteiger charge is 2.22. The summed E-state index contributed by atoms with van der Waals surface area (Å²) in [4.78, 5) is 0.998. The second-order valence-corrected chi connectivity index (χ2v) is 5.78. The van der Waals surface area contributed by atoms with Crippen molar-refractivity contribution in [3.05, 3.63) is 53.6 Å². The lowest BCUT2D eigenvalue weighted by Gasteiger charge is -2.14. The molecule has 1 atom stereocenters. The number of ether oxygens (including phenoxy) is 1. The van der Waals surface area contributed by atoms with E-state index in [0.29, 0.717) is 12.1 Å². The quantitative estimate of drug-likeness (QED) is 0.874. The number of hydrogen-bond donors (Lipinski definition) is 1. The van der Waals surface area contributed by atoms with E-state index in [9.17, 15) is 5.26 Å². The van der Waals surface area contributed by atoms with Gasteiger partial charge in [-0.3, -0.25) is 0 Å². The summed E-state index contributed by atoms with van der Waals surface area (Å²) in [5, 5.41) is 12.7. The lowest BCUT2D eigenvalue weighted by Crippen LogP contribution is -2.24. The van der Waals surface area contributed by atoms with Crippen LogP contribution in [0.1, 0.15) is 11.1 Å². The van der Waals surface area contributed by atoms with E-state index in [-0.39, 0.29) is 6.10 Å². The number of benzene rings is 2. The zero-order valence-electron chi connectivity index (χ0n) is 11.8. The van der Waals surface area contributed by atoms with Crippen LogP contribution < -0.4 is 10.1 Å². The van der Waals surface area contributed by atoms with Gasteiger partial charge in [0.1, 0.15) is 17.9 Å². The van der Waals surface area contributed by atoms with Gasteiger partial charge in [-0.05, 0) is 30.0 Å². The van der Waals surface area contributed by atoms with Gasteiger partial charge < -0.3 is 10.1 Å². The molecule has 0 saturated carbocycles. The van der Waals surface area contributed by atoms with E-state index in [4.69, 9.17) is 4.74 Å². The van der Waals surface area contributed by atoms with Crippen molar-refractivity contribution in [2.45, 2.75) is 17.4 Å². The largest absolute Gasteiger partial charge is 0.488 e. The van der Waals surface area contributed by atoms with Crippen LogP contribution in [-0.2, 0) is 6.42 Å². The van der Waals surface area contributed by atoms with Crippen molar-refractivity contribution in [3.8, 4) is 11.8 Å². The van der Waals surface area contributed by atoms with E-state index in [0.717, 1.165) is 22.8 Å². The monoisotopic (exact) mass is 296 g/mol. The average molecular weight is 296 g/mol. The Bertz CT molecular complexity index is 668. The number of nitrogens with zero attached hydrogens (tertiary/aromatic N) is 1. The second-order valence-electron chi connectivity index (χ2n) is 4.93. The van der Waals surface area contributed by atoms with Crippen molar-refractivity contribution in [2.75, 3.05) is 18.1 Å². The molecule has 3 rings (SSSR count). The van der Waals surface area contributed by atoms with Gasteiger partial charge in [-0.15, -0.1) is 11.8 Å². The first-order chi connectivity index (χ1) is 10.3. The molecule has 2 aromatic rings. The molecule has 3 nitrogen and oxygen atoms in total. The summed E-state index contributed by atoms with van der Waals surface area (Å²) in [6.45, 7) is 0.696. The minimum atomic E-state index is 0.117. The summed E-state index contributed by atoms with van der Waals surface area (Å²) < 4.78 is 5.91. The number of fused-ring (bicyclic) bond motifs is 1. The summed E-state index contributed by atoms with van der Waals surface area (Å²) in [6.07, 6.45) is 3.01. The Balaban J connectivity index is 1.69. The van der Waals surface area contributed by atoms with E-state index in [1.807, 2.05) is 42.7 Å². The molecule has 1 aliphatic heterocycles. The fourth-order valence-electron chi connectivity index (χ4n) is 2.56. The molecule has 0 saturated heterocycles. The molecule has 106 valence electrons. The second kappa shape index (κ2) is 6.11. The minimum absolute atomic E-state index is 0.117. The van der Waals surface area contributed by atoms with Crippen LogP contribution in [0.4, 0.5) is 5.69 Å². The fraction of sp³-hybridized carbons (Fsp3) is 0.235. The molecule has 0 bridgehead atoms. The molecule has 1 heterocycles. The number of rotatable bonds is 4. The molecule has 21 heavy (non-hydrogen) atoms. The molecule has 0 radical (unpaired) electrons. The molecule has 0 aliphatic carbocycles. The first-order valence-corrected chi connectivity index (χ1v) is 8.10. The Hall–Kier alpha value is -2.12. The molecule has 1 unspecified atom stereocenters. The van der Waals surface area contributed by atoms with Gasteiger partial charge in [-0.2, -0.15) is 5.26 Å². The van der Waals surface area contributed by atoms with Gasteiger partial charge in [0.2, 0.25) is 0 Å². The summed E-state index contributed by atoms with van der Waals surface area (Å²) >= 11 is 1.59. The number of nitriles is 1. The van der Waals surface area contributed by atoms with Crippen molar-refractivity contribution < 1.29 is 4.74 Å². The number of thioether (sulfide) groups is 1.